The minimum Gasteiger partial charge on any atom is -0.326 e. The lowest BCUT2D eigenvalue weighted by molar-refractivity contribution is 0.145. The van der Waals surface area contributed by atoms with Crippen molar-refractivity contribution in [3.63, 3.8) is 0 Å². The fourth-order valence-corrected chi connectivity index (χ4v) is 1.54. The van der Waals surface area contributed by atoms with Crippen LogP contribution in [0.15, 0.2) is 60.7 Å². The van der Waals surface area contributed by atoms with Gasteiger partial charge in [0, 0.05) is 13.1 Å². The molecule has 0 heterocycles. The molecule has 0 aromatic heterocycles. The maximum Gasteiger partial charge on any atom is 0.251 e. The molecule has 140 valence electrons. The topological polar surface area (TPSA) is 38.0 Å². The van der Waals surface area contributed by atoms with Crippen LogP contribution >= 0.6 is 11.6 Å². The number of hydrogen-bond donors (Lipinski definition) is 2. The average Bonchev–Trinajstić information content (AvgIpc) is 2.64. The van der Waals surface area contributed by atoms with Crippen molar-refractivity contribution < 1.29 is 17.6 Å². The Kier molecular flexibility index (Phi) is 14.8. The molecule has 2 rings (SSSR count). The predicted molar refractivity (Wildman–Crippen MR) is 95.2 cm³/mol. The second kappa shape index (κ2) is 15.9. The van der Waals surface area contributed by atoms with Crippen molar-refractivity contribution in [3.05, 3.63) is 71.8 Å². The van der Waals surface area contributed by atoms with Gasteiger partial charge in [0.1, 0.15) is 0 Å². The summed E-state index contributed by atoms with van der Waals surface area (Å²) in [7, 11) is 0. The molecule has 0 aliphatic rings. The highest BCUT2D eigenvalue weighted by Gasteiger charge is 1.99. The van der Waals surface area contributed by atoms with Gasteiger partial charge in [0.05, 0.1) is 12.4 Å². The molecule has 2 aromatic carbocycles. The monoisotopic (exact) mass is 378 g/mol. The van der Waals surface area contributed by atoms with E-state index >= 15 is 0 Å². The van der Waals surface area contributed by atoms with Crippen LogP contribution in [0.5, 0.6) is 0 Å². The van der Waals surface area contributed by atoms with Crippen LogP contribution in [0, 0.1) is 0 Å². The number of rotatable bonds is 6. The van der Waals surface area contributed by atoms with Crippen molar-refractivity contribution >= 4 is 11.6 Å². The average molecular weight is 379 g/mol. The van der Waals surface area contributed by atoms with Crippen molar-refractivity contribution in [2.75, 3.05) is 12.4 Å². The predicted octanol–water partition coefficient (Wildman–Crippen LogP) is 4.68. The third kappa shape index (κ3) is 15.6. The van der Waals surface area contributed by atoms with E-state index in [9.17, 15) is 17.6 Å². The van der Waals surface area contributed by atoms with Gasteiger partial charge in [-0.25, -0.2) is 17.6 Å². The lowest BCUT2D eigenvalue weighted by atomic mass is 10.2. The van der Waals surface area contributed by atoms with Gasteiger partial charge in [-0.15, -0.1) is 11.6 Å². The number of hydrogen-bond acceptors (Lipinski definition) is 2. The summed E-state index contributed by atoms with van der Waals surface area (Å²) in [6.45, 7) is 0.904. The first-order chi connectivity index (χ1) is 12.0. The van der Waals surface area contributed by atoms with E-state index in [4.69, 9.17) is 5.73 Å². The molecule has 0 saturated heterocycles. The van der Waals surface area contributed by atoms with Crippen LogP contribution in [0.25, 0.3) is 0 Å². The Bertz CT molecular complexity index is 513. The number of nitrogens with one attached hydrogen (secondary N) is 1. The van der Waals surface area contributed by atoms with E-state index in [-0.39, 0.29) is 6.54 Å². The van der Waals surface area contributed by atoms with E-state index in [1.54, 1.807) is 0 Å². The number of alkyl halides is 5. The molecule has 7 heteroatoms. The molecular weight excluding hydrogens is 356 g/mol. The molecule has 2 aromatic rings. The molecule has 0 aliphatic carbocycles. The summed E-state index contributed by atoms with van der Waals surface area (Å²) in [6, 6.07) is 19.5. The Morgan fingerprint density at radius 2 is 1.24 bits per heavy atom. The highest BCUT2D eigenvalue weighted by Crippen LogP contribution is 1.98. The lowest BCUT2D eigenvalue weighted by Gasteiger charge is -2.02. The maximum atomic E-state index is 11.7. The van der Waals surface area contributed by atoms with Crippen molar-refractivity contribution in [1.82, 2.24) is 5.32 Å². The summed E-state index contributed by atoms with van der Waals surface area (Å²) in [4.78, 5) is 0. The minimum absolute atomic E-state index is 0.241. The molecule has 0 unspecified atom stereocenters. The smallest absolute Gasteiger partial charge is 0.251 e. The summed E-state index contributed by atoms with van der Waals surface area (Å²) in [6.07, 6.45) is -4.62. The van der Waals surface area contributed by atoms with Gasteiger partial charge in [-0.2, -0.15) is 0 Å². The first-order valence-corrected chi connectivity index (χ1v) is 8.13. The number of halogens is 5. The first-order valence-electron chi connectivity index (χ1n) is 7.60. The van der Waals surface area contributed by atoms with Gasteiger partial charge in [-0.05, 0) is 11.1 Å². The molecule has 0 saturated carbocycles. The second-order valence-electron chi connectivity index (χ2n) is 4.74. The third-order valence-electron chi connectivity index (χ3n) is 2.67. The standard InChI is InChI=1S/C9H11F2N.C7H9N.C2H3ClF2/c10-9(11)7-12-6-8-4-2-1-3-5-8;8-6-7-4-2-1-3-5-7;3-1-2(4)5/h1-5,9,12H,6-7H2;1-5H,6,8H2;2H,1H2. The lowest BCUT2D eigenvalue weighted by Crippen LogP contribution is -2.20. The van der Waals surface area contributed by atoms with Crippen LogP contribution in [0.1, 0.15) is 11.1 Å². The first kappa shape index (κ1) is 23.4. The Morgan fingerprint density at radius 1 is 0.800 bits per heavy atom. The zero-order chi connectivity index (χ0) is 18.9. The Morgan fingerprint density at radius 3 is 1.56 bits per heavy atom. The molecule has 0 aliphatic heterocycles. The van der Waals surface area contributed by atoms with Gasteiger partial charge in [0.25, 0.3) is 12.9 Å². The van der Waals surface area contributed by atoms with Crippen LogP contribution in [-0.4, -0.2) is 25.3 Å². The molecule has 0 fully saturated rings. The maximum absolute atomic E-state index is 11.7. The van der Waals surface area contributed by atoms with E-state index in [0.717, 1.165) is 5.56 Å². The second-order valence-corrected chi connectivity index (χ2v) is 5.05. The van der Waals surface area contributed by atoms with Crippen molar-refractivity contribution in [2.45, 2.75) is 25.9 Å². The van der Waals surface area contributed by atoms with Gasteiger partial charge in [-0.3, -0.25) is 0 Å². The minimum atomic E-state index is -2.35. The van der Waals surface area contributed by atoms with Crippen LogP contribution in [-0.2, 0) is 13.1 Å². The molecule has 0 bridgehead atoms. The highest BCUT2D eigenvalue weighted by molar-refractivity contribution is 6.18. The Balaban J connectivity index is 0.000000382. The SMILES string of the molecule is FC(F)CCl.FC(F)CNCc1ccccc1.NCc1ccccc1. The van der Waals surface area contributed by atoms with Crippen LogP contribution in [0.3, 0.4) is 0 Å². The van der Waals surface area contributed by atoms with E-state index in [1.807, 2.05) is 60.7 Å². The molecule has 0 atom stereocenters. The Labute approximate surface area is 151 Å². The fraction of sp³-hybridized carbons (Fsp3) is 0.333. The van der Waals surface area contributed by atoms with Gasteiger partial charge < -0.3 is 11.1 Å². The number of nitrogens with two attached hydrogens (primary N) is 1. The van der Waals surface area contributed by atoms with Gasteiger partial charge in [0.15, 0.2) is 0 Å². The summed E-state index contributed by atoms with van der Waals surface area (Å²) < 4.78 is 44.6. The quantitative estimate of drug-likeness (QED) is 0.566. The fourth-order valence-electron chi connectivity index (χ4n) is 1.54. The largest absolute Gasteiger partial charge is 0.326 e. The van der Waals surface area contributed by atoms with E-state index in [1.165, 1.54) is 5.56 Å². The molecule has 2 nitrogen and oxygen atoms in total. The zero-order valence-electron chi connectivity index (χ0n) is 13.7. The summed E-state index contributed by atoms with van der Waals surface area (Å²) in [5.41, 5.74) is 7.56. The van der Waals surface area contributed by atoms with Crippen LogP contribution in [0.2, 0.25) is 0 Å². The molecule has 3 N–H and O–H groups in total. The van der Waals surface area contributed by atoms with Gasteiger partial charge >= 0.3 is 0 Å². The van der Waals surface area contributed by atoms with Crippen LogP contribution < -0.4 is 11.1 Å². The van der Waals surface area contributed by atoms with Gasteiger partial charge in [0.2, 0.25) is 0 Å². The van der Waals surface area contributed by atoms with Crippen molar-refractivity contribution in [1.29, 1.82) is 0 Å². The summed E-state index contributed by atoms with van der Waals surface area (Å²) >= 11 is 4.59. The normalized spacial score (nSPS) is 9.92. The molecule has 0 amide bonds. The van der Waals surface area contributed by atoms with E-state index in [0.29, 0.717) is 13.1 Å². The molecular formula is C18H23ClF4N2. The van der Waals surface area contributed by atoms with E-state index < -0.39 is 18.7 Å². The van der Waals surface area contributed by atoms with Crippen LogP contribution in [0.4, 0.5) is 17.6 Å². The highest BCUT2D eigenvalue weighted by atomic mass is 35.5. The third-order valence-corrected chi connectivity index (χ3v) is 2.90. The van der Waals surface area contributed by atoms with Gasteiger partial charge in [-0.1, -0.05) is 60.7 Å². The number of benzene rings is 2. The molecule has 0 spiro atoms. The summed E-state index contributed by atoms with van der Waals surface area (Å²) in [5.74, 6) is -0.556. The summed E-state index contributed by atoms with van der Waals surface area (Å²) in [5, 5.41) is 2.65. The van der Waals surface area contributed by atoms with Crippen molar-refractivity contribution in [2.24, 2.45) is 5.73 Å². The molecule has 25 heavy (non-hydrogen) atoms. The Hall–Kier alpha value is -1.63. The zero-order valence-corrected chi connectivity index (χ0v) is 14.5. The van der Waals surface area contributed by atoms with Crippen molar-refractivity contribution in [3.8, 4) is 0 Å². The van der Waals surface area contributed by atoms with E-state index in [2.05, 4.69) is 16.9 Å². The molecule has 0 radical (unpaired) electrons.